The van der Waals surface area contributed by atoms with Crippen LogP contribution in [0.1, 0.15) is 19.8 Å². The molecular formula is C12H20N2O4. The number of nitrogens with zero attached hydrogens (tertiary/aromatic N) is 1. The summed E-state index contributed by atoms with van der Waals surface area (Å²) in [5, 5.41) is 11.9. The highest BCUT2D eigenvalue weighted by Gasteiger charge is 2.40. The Morgan fingerprint density at radius 3 is 2.67 bits per heavy atom. The average Bonchev–Trinajstić information content (AvgIpc) is 2.88. The molecule has 0 aromatic rings. The summed E-state index contributed by atoms with van der Waals surface area (Å²) in [5.41, 5.74) is 0.245. The second-order valence-corrected chi connectivity index (χ2v) is 5.63. The first kappa shape index (κ1) is 13.1. The first-order chi connectivity index (χ1) is 8.43. The fraction of sp³-hybridized carbons (Fsp3) is 0.833. The SMILES string of the molecule is CN(C(=O)NCC1(C)CC1)C1COCC1C(=O)O. The van der Waals surface area contributed by atoms with Gasteiger partial charge in [-0.25, -0.2) is 4.79 Å². The van der Waals surface area contributed by atoms with Gasteiger partial charge < -0.3 is 20.1 Å². The number of nitrogens with one attached hydrogen (secondary N) is 1. The van der Waals surface area contributed by atoms with E-state index in [2.05, 4.69) is 12.2 Å². The molecule has 2 aliphatic rings. The van der Waals surface area contributed by atoms with E-state index in [1.165, 1.54) is 4.90 Å². The fourth-order valence-corrected chi connectivity index (χ4v) is 2.12. The molecule has 2 amide bonds. The molecule has 6 heteroatoms. The normalized spacial score (nSPS) is 28.8. The number of rotatable bonds is 4. The maximum absolute atomic E-state index is 11.9. The van der Waals surface area contributed by atoms with Crippen LogP contribution in [-0.4, -0.2) is 54.9 Å². The molecule has 1 aliphatic carbocycles. The third-order valence-corrected chi connectivity index (χ3v) is 3.96. The van der Waals surface area contributed by atoms with Crippen molar-refractivity contribution in [3.63, 3.8) is 0 Å². The highest BCUT2D eigenvalue weighted by Crippen LogP contribution is 2.44. The molecule has 1 aliphatic heterocycles. The Kier molecular flexibility index (Phi) is 3.47. The van der Waals surface area contributed by atoms with Crippen LogP contribution in [0.5, 0.6) is 0 Å². The number of carbonyl (C=O) groups is 2. The molecule has 1 heterocycles. The van der Waals surface area contributed by atoms with Gasteiger partial charge in [-0.3, -0.25) is 4.79 Å². The van der Waals surface area contributed by atoms with Gasteiger partial charge in [0.2, 0.25) is 0 Å². The van der Waals surface area contributed by atoms with E-state index in [1.807, 2.05) is 0 Å². The molecule has 1 saturated carbocycles. The first-order valence-corrected chi connectivity index (χ1v) is 6.24. The third kappa shape index (κ3) is 2.75. The summed E-state index contributed by atoms with van der Waals surface area (Å²) >= 11 is 0. The number of urea groups is 1. The molecule has 0 aromatic carbocycles. The summed E-state index contributed by atoms with van der Waals surface area (Å²) < 4.78 is 5.16. The Balaban J connectivity index is 1.87. The zero-order chi connectivity index (χ0) is 13.3. The van der Waals surface area contributed by atoms with Crippen LogP contribution in [0, 0.1) is 11.3 Å². The van der Waals surface area contributed by atoms with Gasteiger partial charge in [-0.1, -0.05) is 6.92 Å². The number of likely N-dealkylation sites (N-methyl/N-ethyl adjacent to an activating group) is 1. The van der Waals surface area contributed by atoms with Crippen LogP contribution in [0.2, 0.25) is 0 Å². The van der Waals surface area contributed by atoms with E-state index >= 15 is 0 Å². The highest BCUT2D eigenvalue weighted by molar-refractivity contribution is 5.77. The van der Waals surface area contributed by atoms with Gasteiger partial charge in [0.25, 0.3) is 0 Å². The molecule has 0 aromatic heterocycles. The van der Waals surface area contributed by atoms with Crippen LogP contribution in [0.15, 0.2) is 0 Å². The molecule has 18 heavy (non-hydrogen) atoms. The fourth-order valence-electron chi connectivity index (χ4n) is 2.12. The summed E-state index contributed by atoms with van der Waals surface area (Å²) in [5.74, 6) is -1.54. The minimum absolute atomic E-state index is 0.176. The number of hydrogen-bond donors (Lipinski definition) is 2. The van der Waals surface area contributed by atoms with E-state index in [4.69, 9.17) is 9.84 Å². The lowest BCUT2D eigenvalue weighted by atomic mass is 10.0. The molecule has 1 saturated heterocycles. The Bertz CT molecular complexity index is 354. The number of carboxylic acid groups (broad SMARTS) is 1. The maximum atomic E-state index is 11.9. The first-order valence-electron chi connectivity index (χ1n) is 6.24. The lowest BCUT2D eigenvalue weighted by molar-refractivity contribution is -0.142. The van der Waals surface area contributed by atoms with Crippen molar-refractivity contribution in [2.45, 2.75) is 25.8 Å². The molecule has 2 unspecified atom stereocenters. The van der Waals surface area contributed by atoms with Crippen molar-refractivity contribution in [3.05, 3.63) is 0 Å². The van der Waals surface area contributed by atoms with E-state index in [0.29, 0.717) is 6.54 Å². The molecule has 0 radical (unpaired) electrons. The van der Waals surface area contributed by atoms with E-state index < -0.39 is 11.9 Å². The Morgan fingerprint density at radius 2 is 2.11 bits per heavy atom. The quantitative estimate of drug-likeness (QED) is 0.769. The van der Waals surface area contributed by atoms with Crippen molar-refractivity contribution in [1.82, 2.24) is 10.2 Å². The van der Waals surface area contributed by atoms with Gasteiger partial charge in [-0.2, -0.15) is 0 Å². The number of carbonyl (C=O) groups excluding carboxylic acids is 1. The summed E-state index contributed by atoms with van der Waals surface area (Å²) in [7, 11) is 1.62. The lowest BCUT2D eigenvalue weighted by Gasteiger charge is -2.27. The predicted molar refractivity (Wildman–Crippen MR) is 64.2 cm³/mol. The second kappa shape index (κ2) is 4.76. The molecule has 102 valence electrons. The van der Waals surface area contributed by atoms with Gasteiger partial charge in [0, 0.05) is 13.6 Å². The lowest BCUT2D eigenvalue weighted by Crippen LogP contribution is -2.49. The van der Waals surface area contributed by atoms with Gasteiger partial charge in [0.15, 0.2) is 0 Å². The standard InChI is InChI=1S/C12H20N2O4/c1-12(3-4-12)7-13-11(17)14(2)9-6-18-5-8(9)10(15)16/h8-9H,3-7H2,1-2H3,(H,13,17)(H,15,16). The minimum Gasteiger partial charge on any atom is -0.481 e. The summed E-state index contributed by atoms with van der Waals surface area (Å²) in [4.78, 5) is 24.4. The van der Waals surface area contributed by atoms with Gasteiger partial charge >= 0.3 is 12.0 Å². The van der Waals surface area contributed by atoms with Gasteiger partial charge in [0.05, 0.1) is 19.3 Å². The predicted octanol–water partition coefficient (Wildman–Crippen LogP) is 0.527. The summed E-state index contributed by atoms with van der Waals surface area (Å²) in [6.07, 6.45) is 2.28. The van der Waals surface area contributed by atoms with Crippen LogP contribution < -0.4 is 5.32 Å². The van der Waals surface area contributed by atoms with Crippen LogP contribution in [0.3, 0.4) is 0 Å². The highest BCUT2D eigenvalue weighted by atomic mass is 16.5. The van der Waals surface area contributed by atoms with E-state index in [1.54, 1.807) is 7.05 Å². The summed E-state index contributed by atoms with van der Waals surface area (Å²) in [6, 6.07) is -0.598. The molecule has 0 spiro atoms. The Labute approximate surface area is 106 Å². The maximum Gasteiger partial charge on any atom is 0.317 e. The Hall–Kier alpha value is -1.30. The van der Waals surface area contributed by atoms with Crippen LogP contribution >= 0.6 is 0 Å². The van der Waals surface area contributed by atoms with Crippen molar-refractivity contribution in [2.75, 3.05) is 26.8 Å². The van der Waals surface area contributed by atoms with Crippen molar-refractivity contribution >= 4 is 12.0 Å². The van der Waals surface area contributed by atoms with Crippen molar-refractivity contribution in [1.29, 1.82) is 0 Å². The van der Waals surface area contributed by atoms with Crippen molar-refractivity contribution < 1.29 is 19.4 Å². The summed E-state index contributed by atoms with van der Waals surface area (Å²) in [6.45, 7) is 3.25. The molecule has 0 bridgehead atoms. The van der Waals surface area contributed by atoms with E-state index in [-0.39, 0.29) is 30.7 Å². The molecule has 6 nitrogen and oxygen atoms in total. The van der Waals surface area contributed by atoms with Crippen molar-refractivity contribution in [3.8, 4) is 0 Å². The minimum atomic E-state index is -0.911. The monoisotopic (exact) mass is 256 g/mol. The van der Waals surface area contributed by atoms with Crippen molar-refractivity contribution in [2.24, 2.45) is 11.3 Å². The average molecular weight is 256 g/mol. The Morgan fingerprint density at radius 1 is 1.44 bits per heavy atom. The van der Waals surface area contributed by atoms with E-state index in [9.17, 15) is 9.59 Å². The third-order valence-electron chi connectivity index (χ3n) is 3.96. The molecule has 2 fully saturated rings. The number of amides is 2. The zero-order valence-corrected chi connectivity index (χ0v) is 10.8. The van der Waals surface area contributed by atoms with Gasteiger partial charge in [0.1, 0.15) is 5.92 Å². The second-order valence-electron chi connectivity index (χ2n) is 5.63. The smallest absolute Gasteiger partial charge is 0.317 e. The number of carboxylic acids is 1. The number of hydrogen-bond acceptors (Lipinski definition) is 3. The molecule has 2 N–H and O–H groups in total. The van der Waals surface area contributed by atoms with Gasteiger partial charge in [-0.05, 0) is 18.3 Å². The molecular weight excluding hydrogens is 236 g/mol. The van der Waals surface area contributed by atoms with Crippen LogP contribution in [0.4, 0.5) is 4.79 Å². The number of aliphatic carboxylic acids is 1. The van der Waals surface area contributed by atoms with Gasteiger partial charge in [-0.15, -0.1) is 0 Å². The largest absolute Gasteiger partial charge is 0.481 e. The topological polar surface area (TPSA) is 78.9 Å². The van der Waals surface area contributed by atoms with E-state index in [0.717, 1.165) is 12.8 Å². The molecule has 2 atom stereocenters. The van der Waals surface area contributed by atoms with Crippen LogP contribution in [-0.2, 0) is 9.53 Å². The number of ether oxygens (including phenoxy) is 1. The van der Waals surface area contributed by atoms with Crippen LogP contribution in [0.25, 0.3) is 0 Å². The zero-order valence-electron chi connectivity index (χ0n) is 10.8. The molecule has 2 rings (SSSR count).